The molecule has 1 N–H and O–H groups in total. The van der Waals surface area contributed by atoms with Gasteiger partial charge in [-0.15, -0.1) is 11.8 Å². The van der Waals surface area contributed by atoms with E-state index in [1.165, 1.54) is 32.4 Å². The molecular weight excluding hydrogens is 420 g/mol. The van der Waals surface area contributed by atoms with Crippen molar-refractivity contribution in [2.24, 2.45) is 5.92 Å². The number of ether oxygens (including phenoxy) is 2. The van der Waals surface area contributed by atoms with Gasteiger partial charge >= 0.3 is 11.9 Å². The number of anilines is 2. The zero-order valence-electron chi connectivity index (χ0n) is 17.3. The highest BCUT2D eigenvalue weighted by Gasteiger charge is 2.35. The number of nitrogens with one attached hydrogen (secondary N) is 1. The smallest absolute Gasteiger partial charge is 0.337 e. The van der Waals surface area contributed by atoms with Gasteiger partial charge in [-0.25, -0.2) is 9.59 Å². The highest BCUT2D eigenvalue weighted by molar-refractivity contribution is 7.98. The van der Waals surface area contributed by atoms with Gasteiger partial charge in [0.25, 0.3) is 0 Å². The second-order valence-electron chi connectivity index (χ2n) is 6.87. The summed E-state index contributed by atoms with van der Waals surface area (Å²) in [5.74, 6) is -2.41. The Morgan fingerprint density at radius 1 is 1.00 bits per heavy atom. The summed E-state index contributed by atoms with van der Waals surface area (Å²) in [7, 11) is 2.44. The zero-order chi connectivity index (χ0) is 22.5. The van der Waals surface area contributed by atoms with Crippen LogP contribution in [0.1, 0.15) is 27.1 Å². The Balaban J connectivity index is 1.77. The average Bonchev–Trinajstić information content (AvgIpc) is 3.19. The van der Waals surface area contributed by atoms with Crippen LogP contribution in [0.25, 0.3) is 0 Å². The molecule has 0 radical (unpaired) electrons. The molecule has 1 unspecified atom stereocenters. The van der Waals surface area contributed by atoms with E-state index in [-0.39, 0.29) is 41.6 Å². The number of amides is 2. The number of rotatable bonds is 6. The lowest BCUT2D eigenvalue weighted by Crippen LogP contribution is -2.28. The summed E-state index contributed by atoms with van der Waals surface area (Å²) in [6, 6.07) is 11.7. The van der Waals surface area contributed by atoms with Gasteiger partial charge in [0, 0.05) is 29.2 Å². The summed E-state index contributed by atoms with van der Waals surface area (Å²) in [5.41, 5.74) is 1.17. The molecular formula is C22H22N2O6S. The topological polar surface area (TPSA) is 102 Å². The van der Waals surface area contributed by atoms with Crippen LogP contribution in [0, 0.1) is 5.92 Å². The Morgan fingerprint density at radius 2 is 1.58 bits per heavy atom. The molecule has 1 heterocycles. The average molecular weight is 442 g/mol. The Morgan fingerprint density at radius 3 is 2.10 bits per heavy atom. The van der Waals surface area contributed by atoms with Gasteiger partial charge in [-0.1, -0.05) is 0 Å². The minimum atomic E-state index is -0.655. The molecule has 1 saturated heterocycles. The maximum atomic E-state index is 12.8. The standard InChI is InChI=1S/C22H22N2O6S/c1-29-21(27)13-8-14(22(28)30-2)10-16(9-13)23-20(26)15-11-19(25)24(12-15)17-4-6-18(31-3)7-5-17/h4-10,15H,11-12H2,1-3H3,(H,23,26). The van der Waals surface area contributed by atoms with Crippen molar-refractivity contribution in [1.82, 2.24) is 0 Å². The van der Waals surface area contributed by atoms with Crippen molar-refractivity contribution in [3.8, 4) is 0 Å². The van der Waals surface area contributed by atoms with Crippen LogP contribution in [0.5, 0.6) is 0 Å². The van der Waals surface area contributed by atoms with Crippen LogP contribution >= 0.6 is 11.8 Å². The van der Waals surface area contributed by atoms with Gasteiger partial charge in [0.1, 0.15) is 0 Å². The molecule has 0 aromatic heterocycles. The van der Waals surface area contributed by atoms with Gasteiger partial charge in [0.15, 0.2) is 0 Å². The highest BCUT2D eigenvalue weighted by atomic mass is 32.2. The number of hydrogen-bond donors (Lipinski definition) is 1. The molecule has 1 fully saturated rings. The second kappa shape index (κ2) is 9.65. The Kier molecular flexibility index (Phi) is 6.96. The molecule has 8 nitrogen and oxygen atoms in total. The van der Waals surface area contributed by atoms with Crippen LogP contribution in [-0.4, -0.2) is 50.8 Å². The molecule has 0 saturated carbocycles. The van der Waals surface area contributed by atoms with Gasteiger partial charge in [-0.2, -0.15) is 0 Å². The van der Waals surface area contributed by atoms with Gasteiger partial charge in [0.05, 0.1) is 31.3 Å². The van der Waals surface area contributed by atoms with E-state index in [4.69, 9.17) is 9.47 Å². The minimum Gasteiger partial charge on any atom is -0.465 e. The first-order valence-corrected chi connectivity index (χ1v) is 10.7. The fourth-order valence-corrected chi connectivity index (χ4v) is 3.72. The van der Waals surface area contributed by atoms with E-state index in [2.05, 4.69) is 5.32 Å². The van der Waals surface area contributed by atoms with Gasteiger partial charge < -0.3 is 19.7 Å². The molecule has 1 aliphatic rings. The van der Waals surface area contributed by atoms with Crippen molar-refractivity contribution in [2.45, 2.75) is 11.3 Å². The number of nitrogens with zero attached hydrogens (tertiary/aromatic N) is 1. The number of carbonyl (C=O) groups is 4. The molecule has 1 aliphatic heterocycles. The Bertz CT molecular complexity index is 987. The van der Waals surface area contributed by atoms with Crippen molar-refractivity contribution in [3.63, 3.8) is 0 Å². The fourth-order valence-electron chi connectivity index (χ4n) is 3.31. The van der Waals surface area contributed by atoms with Crippen molar-refractivity contribution in [2.75, 3.05) is 37.2 Å². The van der Waals surface area contributed by atoms with Crippen molar-refractivity contribution < 1.29 is 28.7 Å². The zero-order valence-corrected chi connectivity index (χ0v) is 18.2. The normalized spacial score (nSPS) is 15.5. The number of hydrogen-bond acceptors (Lipinski definition) is 7. The summed E-state index contributed by atoms with van der Waals surface area (Å²) in [4.78, 5) is 51.8. The lowest BCUT2D eigenvalue weighted by atomic mass is 10.1. The maximum Gasteiger partial charge on any atom is 0.337 e. The lowest BCUT2D eigenvalue weighted by Gasteiger charge is -2.17. The molecule has 1 atom stereocenters. The third-order valence-corrected chi connectivity index (χ3v) is 5.67. The third-order valence-electron chi connectivity index (χ3n) is 4.92. The first kappa shape index (κ1) is 22.4. The molecule has 9 heteroatoms. The number of thioether (sulfide) groups is 1. The fraction of sp³-hybridized carbons (Fsp3) is 0.273. The van der Waals surface area contributed by atoms with E-state index < -0.39 is 17.9 Å². The maximum absolute atomic E-state index is 12.8. The molecule has 0 bridgehead atoms. The van der Waals surface area contributed by atoms with E-state index >= 15 is 0 Å². The van der Waals surface area contributed by atoms with Gasteiger partial charge in [0.2, 0.25) is 11.8 Å². The van der Waals surface area contributed by atoms with E-state index in [9.17, 15) is 19.2 Å². The van der Waals surface area contributed by atoms with E-state index in [0.29, 0.717) is 0 Å². The van der Waals surface area contributed by atoms with Crippen LogP contribution in [0.15, 0.2) is 47.4 Å². The van der Waals surface area contributed by atoms with Gasteiger partial charge in [-0.05, 0) is 48.7 Å². The predicted octanol–water partition coefficient (Wildman–Crippen LogP) is 2.97. The van der Waals surface area contributed by atoms with E-state index in [1.54, 1.807) is 16.7 Å². The minimum absolute atomic E-state index is 0.0661. The van der Waals surface area contributed by atoms with Crippen LogP contribution in [0.4, 0.5) is 11.4 Å². The van der Waals surface area contributed by atoms with Crippen molar-refractivity contribution in [1.29, 1.82) is 0 Å². The van der Waals surface area contributed by atoms with Crippen molar-refractivity contribution >= 4 is 46.9 Å². The monoisotopic (exact) mass is 442 g/mol. The largest absolute Gasteiger partial charge is 0.465 e. The Hall–Kier alpha value is -3.33. The van der Waals surface area contributed by atoms with Crippen LogP contribution in [-0.2, 0) is 19.1 Å². The molecule has 0 spiro atoms. The summed E-state index contributed by atoms with van der Waals surface area (Å²) < 4.78 is 9.40. The first-order chi connectivity index (χ1) is 14.9. The molecule has 2 amide bonds. The molecule has 31 heavy (non-hydrogen) atoms. The molecule has 2 aromatic rings. The van der Waals surface area contributed by atoms with E-state index in [1.807, 2.05) is 30.5 Å². The molecule has 2 aromatic carbocycles. The summed E-state index contributed by atoms with van der Waals surface area (Å²) >= 11 is 1.60. The van der Waals surface area contributed by atoms with Crippen LogP contribution in [0.2, 0.25) is 0 Å². The van der Waals surface area contributed by atoms with Gasteiger partial charge in [-0.3, -0.25) is 9.59 Å². The number of esters is 2. The third kappa shape index (κ3) is 5.05. The predicted molar refractivity (Wildman–Crippen MR) is 116 cm³/mol. The SMILES string of the molecule is COC(=O)c1cc(NC(=O)C2CC(=O)N(c3ccc(SC)cc3)C2)cc(C(=O)OC)c1. The second-order valence-corrected chi connectivity index (χ2v) is 7.75. The number of benzene rings is 2. The summed E-state index contributed by atoms with van der Waals surface area (Å²) in [6.45, 7) is 0.240. The summed E-state index contributed by atoms with van der Waals surface area (Å²) in [5, 5.41) is 2.70. The first-order valence-electron chi connectivity index (χ1n) is 9.43. The lowest BCUT2D eigenvalue weighted by molar-refractivity contribution is -0.122. The van der Waals surface area contributed by atoms with Crippen LogP contribution < -0.4 is 10.2 Å². The number of methoxy groups -OCH3 is 2. The van der Waals surface area contributed by atoms with Crippen LogP contribution in [0.3, 0.4) is 0 Å². The van der Waals surface area contributed by atoms with Crippen molar-refractivity contribution in [3.05, 3.63) is 53.6 Å². The molecule has 0 aliphatic carbocycles. The quantitative estimate of drug-likeness (QED) is 0.542. The highest BCUT2D eigenvalue weighted by Crippen LogP contribution is 2.28. The number of carbonyl (C=O) groups excluding carboxylic acids is 4. The summed E-state index contributed by atoms with van der Waals surface area (Å²) in [6.07, 6.45) is 2.04. The molecule has 3 rings (SSSR count). The molecule has 162 valence electrons. The Labute approximate surface area is 183 Å². The van der Waals surface area contributed by atoms with E-state index in [0.717, 1.165) is 10.6 Å².